The van der Waals surface area contributed by atoms with Crippen molar-refractivity contribution in [1.82, 2.24) is 10.2 Å². The first-order valence-electron chi connectivity index (χ1n) is 6.23. The SMILES string of the molecule is NC1(C(=O)Nc2nnc(Cc3ccccc3F)s2)CC1. The van der Waals surface area contributed by atoms with Crippen LogP contribution in [-0.2, 0) is 11.2 Å². The molecule has 3 rings (SSSR count). The van der Waals surface area contributed by atoms with E-state index < -0.39 is 5.54 Å². The molecule has 2 aromatic rings. The number of benzene rings is 1. The Bertz CT molecular complexity index is 653. The number of carbonyl (C=O) groups is 1. The highest BCUT2D eigenvalue weighted by atomic mass is 32.1. The Morgan fingerprint density at radius 3 is 2.85 bits per heavy atom. The van der Waals surface area contributed by atoms with Crippen molar-refractivity contribution in [2.45, 2.75) is 24.8 Å². The van der Waals surface area contributed by atoms with Gasteiger partial charge < -0.3 is 5.73 Å². The van der Waals surface area contributed by atoms with Crippen LogP contribution in [-0.4, -0.2) is 21.6 Å². The molecular formula is C13H13FN4OS. The molecule has 0 spiro atoms. The minimum Gasteiger partial charge on any atom is -0.317 e. The van der Waals surface area contributed by atoms with Crippen molar-refractivity contribution in [3.63, 3.8) is 0 Å². The number of halogens is 1. The summed E-state index contributed by atoms with van der Waals surface area (Å²) in [7, 11) is 0. The molecule has 1 amide bonds. The van der Waals surface area contributed by atoms with E-state index in [9.17, 15) is 9.18 Å². The molecule has 0 saturated heterocycles. The second-order valence-electron chi connectivity index (χ2n) is 4.88. The van der Waals surface area contributed by atoms with Gasteiger partial charge in [-0.05, 0) is 24.5 Å². The number of anilines is 1. The van der Waals surface area contributed by atoms with Gasteiger partial charge in [0.2, 0.25) is 11.0 Å². The van der Waals surface area contributed by atoms with Crippen LogP contribution in [0.25, 0.3) is 0 Å². The lowest BCUT2D eigenvalue weighted by Gasteiger charge is -2.05. The molecule has 1 fully saturated rings. The van der Waals surface area contributed by atoms with Crippen molar-refractivity contribution in [1.29, 1.82) is 0 Å². The standard InChI is InChI=1S/C13H13FN4OS/c14-9-4-2-1-3-8(9)7-10-17-18-12(20-10)16-11(19)13(15)5-6-13/h1-4H,5-7,15H2,(H,16,18,19). The van der Waals surface area contributed by atoms with Gasteiger partial charge >= 0.3 is 0 Å². The molecule has 1 heterocycles. The zero-order chi connectivity index (χ0) is 14.2. The van der Waals surface area contributed by atoms with Crippen LogP contribution in [0, 0.1) is 5.82 Å². The molecule has 0 radical (unpaired) electrons. The van der Waals surface area contributed by atoms with Gasteiger partial charge in [-0.15, -0.1) is 10.2 Å². The Kier molecular flexibility index (Phi) is 3.23. The first-order valence-corrected chi connectivity index (χ1v) is 7.05. The van der Waals surface area contributed by atoms with Gasteiger partial charge in [0, 0.05) is 6.42 Å². The van der Waals surface area contributed by atoms with Crippen LogP contribution in [0.5, 0.6) is 0 Å². The number of aromatic nitrogens is 2. The molecule has 1 aliphatic carbocycles. The number of nitrogens with zero attached hydrogens (tertiary/aromatic N) is 2. The number of nitrogens with one attached hydrogen (secondary N) is 1. The Labute approximate surface area is 119 Å². The van der Waals surface area contributed by atoms with Crippen molar-refractivity contribution in [3.05, 3.63) is 40.7 Å². The van der Waals surface area contributed by atoms with Gasteiger partial charge in [0.15, 0.2) is 0 Å². The third-order valence-electron chi connectivity index (χ3n) is 3.23. The van der Waals surface area contributed by atoms with E-state index in [4.69, 9.17) is 5.73 Å². The fraction of sp³-hybridized carbons (Fsp3) is 0.308. The van der Waals surface area contributed by atoms with Crippen LogP contribution in [0.1, 0.15) is 23.4 Å². The van der Waals surface area contributed by atoms with E-state index in [0.717, 1.165) is 0 Å². The van der Waals surface area contributed by atoms with E-state index in [0.29, 0.717) is 35.0 Å². The first-order chi connectivity index (χ1) is 9.57. The number of nitrogens with two attached hydrogens (primary N) is 1. The Morgan fingerprint density at radius 2 is 2.15 bits per heavy atom. The normalized spacial score (nSPS) is 15.9. The molecule has 5 nitrogen and oxygen atoms in total. The molecule has 3 N–H and O–H groups in total. The summed E-state index contributed by atoms with van der Waals surface area (Å²) in [6, 6.07) is 6.52. The van der Waals surface area contributed by atoms with Gasteiger partial charge in [0.05, 0.1) is 5.54 Å². The highest BCUT2D eigenvalue weighted by Gasteiger charge is 2.46. The molecule has 7 heteroatoms. The second kappa shape index (κ2) is 4.92. The van der Waals surface area contributed by atoms with Crippen molar-refractivity contribution in [3.8, 4) is 0 Å². The van der Waals surface area contributed by atoms with E-state index in [2.05, 4.69) is 15.5 Å². The van der Waals surface area contributed by atoms with E-state index >= 15 is 0 Å². The summed E-state index contributed by atoms with van der Waals surface area (Å²) in [6.07, 6.45) is 1.74. The van der Waals surface area contributed by atoms with Crippen molar-refractivity contribution < 1.29 is 9.18 Å². The molecule has 20 heavy (non-hydrogen) atoms. The molecule has 1 saturated carbocycles. The predicted octanol–water partition coefficient (Wildman–Crippen LogP) is 1.70. The molecule has 0 aliphatic heterocycles. The van der Waals surface area contributed by atoms with Crippen LogP contribution in [0.3, 0.4) is 0 Å². The van der Waals surface area contributed by atoms with E-state index in [1.807, 2.05) is 0 Å². The topological polar surface area (TPSA) is 80.9 Å². The number of amides is 1. The second-order valence-corrected chi connectivity index (χ2v) is 5.94. The number of rotatable bonds is 4. The van der Waals surface area contributed by atoms with Gasteiger partial charge in [-0.3, -0.25) is 10.1 Å². The maximum absolute atomic E-state index is 13.5. The van der Waals surface area contributed by atoms with Gasteiger partial charge in [-0.25, -0.2) is 4.39 Å². The quantitative estimate of drug-likeness (QED) is 0.898. The van der Waals surface area contributed by atoms with Crippen LogP contribution in [0.15, 0.2) is 24.3 Å². The molecule has 0 unspecified atom stereocenters. The number of hydrogen-bond donors (Lipinski definition) is 2. The summed E-state index contributed by atoms with van der Waals surface area (Å²) in [5, 5.41) is 11.5. The van der Waals surface area contributed by atoms with Gasteiger partial charge in [-0.2, -0.15) is 0 Å². The maximum atomic E-state index is 13.5. The van der Waals surface area contributed by atoms with Crippen LogP contribution >= 0.6 is 11.3 Å². The summed E-state index contributed by atoms with van der Waals surface area (Å²) in [6.45, 7) is 0. The fourth-order valence-electron chi connectivity index (χ4n) is 1.76. The average Bonchev–Trinajstić information content (AvgIpc) is 3.03. The third-order valence-corrected chi connectivity index (χ3v) is 4.07. The van der Waals surface area contributed by atoms with Gasteiger partial charge in [0.1, 0.15) is 10.8 Å². The maximum Gasteiger partial charge on any atom is 0.246 e. The van der Waals surface area contributed by atoms with Crippen molar-refractivity contribution >= 4 is 22.4 Å². The van der Waals surface area contributed by atoms with Gasteiger partial charge in [-0.1, -0.05) is 29.5 Å². The van der Waals surface area contributed by atoms with Crippen LogP contribution in [0.2, 0.25) is 0 Å². The van der Waals surface area contributed by atoms with Crippen LogP contribution in [0.4, 0.5) is 9.52 Å². The summed E-state index contributed by atoms with van der Waals surface area (Å²) < 4.78 is 13.5. The lowest BCUT2D eigenvalue weighted by Crippen LogP contribution is -2.37. The summed E-state index contributed by atoms with van der Waals surface area (Å²) in [4.78, 5) is 11.8. The molecule has 1 aromatic carbocycles. The third kappa shape index (κ3) is 2.68. The minimum atomic E-state index is -0.739. The van der Waals surface area contributed by atoms with E-state index in [-0.39, 0.29) is 11.7 Å². The van der Waals surface area contributed by atoms with E-state index in [1.54, 1.807) is 18.2 Å². The van der Waals surface area contributed by atoms with E-state index in [1.165, 1.54) is 17.4 Å². The zero-order valence-corrected chi connectivity index (χ0v) is 11.4. The molecule has 0 atom stereocenters. The molecule has 104 valence electrons. The zero-order valence-electron chi connectivity index (χ0n) is 10.6. The minimum absolute atomic E-state index is 0.230. The lowest BCUT2D eigenvalue weighted by atomic mass is 10.1. The van der Waals surface area contributed by atoms with Crippen LogP contribution < -0.4 is 11.1 Å². The Balaban J connectivity index is 1.68. The van der Waals surface area contributed by atoms with Crippen molar-refractivity contribution in [2.75, 3.05) is 5.32 Å². The number of hydrogen-bond acceptors (Lipinski definition) is 5. The summed E-state index contributed by atoms with van der Waals surface area (Å²) >= 11 is 1.23. The first kappa shape index (κ1) is 13.1. The number of carbonyl (C=O) groups excluding carboxylic acids is 1. The lowest BCUT2D eigenvalue weighted by molar-refractivity contribution is -0.118. The van der Waals surface area contributed by atoms with Crippen molar-refractivity contribution in [2.24, 2.45) is 5.73 Å². The highest BCUT2D eigenvalue weighted by Crippen LogP contribution is 2.33. The largest absolute Gasteiger partial charge is 0.317 e. The summed E-state index contributed by atoms with van der Waals surface area (Å²) in [5.41, 5.74) is 5.60. The smallest absolute Gasteiger partial charge is 0.246 e. The monoisotopic (exact) mass is 292 g/mol. The Hall–Kier alpha value is -1.86. The average molecular weight is 292 g/mol. The highest BCUT2D eigenvalue weighted by molar-refractivity contribution is 7.15. The molecule has 0 bridgehead atoms. The molecule has 1 aromatic heterocycles. The fourth-order valence-corrected chi connectivity index (χ4v) is 2.52. The Morgan fingerprint density at radius 1 is 1.40 bits per heavy atom. The summed E-state index contributed by atoms with van der Waals surface area (Å²) in [5.74, 6) is -0.502. The predicted molar refractivity (Wildman–Crippen MR) is 73.9 cm³/mol. The molecular weight excluding hydrogens is 279 g/mol. The molecule has 1 aliphatic rings. The van der Waals surface area contributed by atoms with Gasteiger partial charge in [0.25, 0.3) is 0 Å².